The minimum absolute atomic E-state index is 0.112. The number of alkyl halides is 3. The Bertz CT molecular complexity index is 1640. The fraction of sp³-hybridized carbons (Fsp3) is 0.207. The molecule has 0 atom stereocenters. The number of hydrogen-bond acceptors (Lipinski definition) is 6. The molecule has 42 heavy (non-hydrogen) atoms. The van der Waals surface area contributed by atoms with Crippen molar-refractivity contribution in [1.29, 1.82) is 5.53 Å². The Hall–Kier alpha value is -5.20. The van der Waals surface area contributed by atoms with Crippen molar-refractivity contribution in [1.82, 2.24) is 10.3 Å². The monoisotopic (exact) mass is 579 g/mol. The number of ether oxygens (including phenoxy) is 1. The highest BCUT2D eigenvalue weighted by atomic mass is 19.4. The van der Waals surface area contributed by atoms with E-state index in [4.69, 9.17) is 11.4 Å². The predicted molar refractivity (Wildman–Crippen MR) is 151 cm³/mol. The molecule has 4 aromatic rings. The summed E-state index contributed by atoms with van der Waals surface area (Å²) in [4.78, 5) is 30.7. The van der Waals surface area contributed by atoms with Crippen molar-refractivity contribution in [3.05, 3.63) is 95.2 Å². The molecule has 0 fully saturated rings. The highest BCUT2D eigenvalue weighted by Gasteiger charge is 2.31. The lowest BCUT2D eigenvalue weighted by Crippen LogP contribution is -2.31. The van der Waals surface area contributed by atoms with Crippen molar-refractivity contribution in [2.24, 2.45) is 16.1 Å². The second-order valence-electron chi connectivity index (χ2n) is 10.4. The van der Waals surface area contributed by atoms with E-state index < -0.39 is 23.9 Å². The number of fused-ring (bicyclic) bond motifs is 1. The quantitative estimate of drug-likeness (QED) is 0.0707. The zero-order valence-electron chi connectivity index (χ0n) is 22.9. The van der Waals surface area contributed by atoms with Crippen molar-refractivity contribution in [3.8, 4) is 5.75 Å². The molecule has 0 aliphatic rings. The summed E-state index contributed by atoms with van der Waals surface area (Å²) in [5.41, 5.74) is 10.1. The third-order valence-electron chi connectivity index (χ3n) is 6.36. The summed E-state index contributed by atoms with van der Waals surface area (Å²) in [5.74, 6) is 3.34. The van der Waals surface area contributed by atoms with E-state index in [0.717, 1.165) is 5.56 Å². The smallest absolute Gasteiger partial charge is 0.406 e. The molecule has 0 aliphatic carbocycles. The first kappa shape index (κ1) is 29.8. The van der Waals surface area contributed by atoms with Crippen LogP contribution in [0.15, 0.2) is 83.0 Å². The molecule has 0 saturated heterocycles. The molecule has 2 amide bonds. The number of nitrogens with zero attached hydrogens (tertiary/aromatic N) is 3. The lowest BCUT2D eigenvalue weighted by molar-refractivity contribution is -0.274. The van der Waals surface area contributed by atoms with Crippen LogP contribution in [0.5, 0.6) is 5.75 Å². The largest absolute Gasteiger partial charge is 0.573 e. The number of amides is 2. The molecule has 218 valence electrons. The molecule has 5 N–H and O–H groups in total. The number of anilines is 1. The number of hydrazone groups is 1. The first-order valence-corrected chi connectivity index (χ1v) is 12.6. The summed E-state index contributed by atoms with van der Waals surface area (Å²) in [6.07, 6.45) is -4.84. The number of rotatable bonds is 6. The van der Waals surface area contributed by atoms with Gasteiger partial charge in [0, 0.05) is 22.2 Å². The van der Waals surface area contributed by atoms with Crippen molar-refractivity contribution in [3.63, 3.8) is 0 Å². The Morgan fingerprint density at radius 1 is 1.00 bits per heavy atom. The summed E-state index contributed by atoms with van der Waals surface area (Å²) < 4.78 is 42.1. The van der Waals surface area contributed by atoms with Crippen LogP contribution >= 0.6 is 0 Å². The zero-order chi connectivity index (χ0) is 30.7. The molecule has 0 bridgehead atoms. The van der Waals surface area contributed by atoms with Gasteiger partial charge in [-0.1, -0.05) is 45.0 Å². The minimum atomic E-state index is -4.84. The maximum absolute atomic E-state index is 13.8. The summed E-state index contributed by atoms with van der Waals surface area (Å²) in [6, 6.07) is 19.2. The van der Waals surface area contributed by atoms with Gasteiger partial charge in [0.2, 0.25) is 0 Å². The first-order chi connectivity index (χ1) is 19.8. The molecule has 0 saturated carbocycles. The standard InChI is InChI=1S/C29H28F3N7O3/c1-28(2,3)20-8-10-21(11-9-20)39(16-17-4-6-18(7-5-17)25(40)36-27(37-33)38-34)26(41)24-15-19-14-22(42-29(30,31)32)12-13-23(19)35-24/h4-15,33,35H,16,34H2,1-3H3,(H,36,38,40). The predicted octanol–water partition coefficient (Wildman–Crippen LogP) is 6.20. The molecule has 0 radical (unpaired) electrons. The number of halogens is 3. The fourth-order valence-corrected chi connectivity index (χ4v) is 4.20. The number of carbonyl (C=O) groups excluding carboxylic acids is 2. The van der Waals surface area contributed by atoms with E-state index in [-0.39, 0.29) is 29.2 Å². The van der Waals surface area contributed by atoms with Gasteiger partial charge >= 0.3 is 6.36 Å². The Balaban J connectivity index is 1.65. The van der Waals surface area contributed by atoms with Crippen LogP contribution in [-0.4, -0.2) is 29.1 Å². The topological polar surface area (TPSA) is 149 Å². The van der Waals surface area contributed by atoms with Gasteiger partial charge in [-0.15, -0.1) is 23.4 Å². The normalized spacial score (nSPS) is 12.2. The molecule has 10 nitrogen and oxygen atoms in total. The molecule has 0 unspecified atom stereocenters. The number of aromatic amines is 1. The van der Waals surface area contributed by atoms with Crippen molar-refractivity contribution in [2.75, 3.05) is 4.90 Å². The van der Waals surface area contributed by atoms with Crippen molar-refractivity contribution in [2.45, 2.75) is 39.1 Å². The molecule has 1 aromatic heterocycles. The van der Waals surface area contributed by atoms with Gasteiger partial charge in [0.05, 0.1) is 6.54 Å². The number of nitrogens with two attached hydrogens (primary N) is 1. The Labute approximate surface area is 238 Å². The lowest BCUT2D eigenvalue weighted by atomic mass is 9.87. The molecule has 0 spiro atoms. The molecule has 1 heterocycles. The van der Waals surface area contributed by atoms with E-state index in [9.17, 15) is 22.8 Å². The van der Waals surface area contributed by atoms with Crippen molar-refractivity contribution >= 4 is 34.4 Å². The number of guanidine groups is 1. The van der Waals surface area contributed by atoms with Gasteiger partial charge in [-0.25, -0.2) is 5.53 Å². The summed E-state index contributed by atoms with van der Waals surface area (Å²) in [6.45, 7) is 6.34. The third kappa shape index (κ3) is 7.11. The molecule has 4 rings (SSSR count). The van der Waals surface area contributed by atoms with E-state index >= 15 is 0 Å². The number of carbonyl (C=O) groups is 2. The number of benzene rings is 3. The van der Waals surface area contributed by atoms with Crippen LogP contribution in [-0.2, 0) is 12.0 Å². The molecule has 3 aromatic carbocycles. The molecule has 0 aliphatic heterocycles. The Kier molecular flexibility index (Phi) is 8.31. The van der Waals surface area contributed by atoms with Crippen LogP contribution in [0.2, 0.25) is 0 Å². The van der Waals surface area contributed by atoms with Gasteiger partial charge in [-0.2, -0.15) is 0 Å². The minimum Gasteiger partial charge on any atom is -0.406 e. The van der Waals surface area contributed by atoms with E-state index in [1.54, 1.807) is 24.3 Å². The highest BCUT2D eigenvalue weighted by Crippen LogP contribution is 2.30. The SMILES string of the molecule is CC(C)(C)c1ccc(N(Cc2ccc(C(=O)N/C(N=N)=N/N)cc2)C(=O)c2cc3cc(OC(F)(F)F)ccc3[nH]2)cc1. The van der Waals surface area contributed by atoms with Crippen molar-refractivity contribution < 1.29 is 27.5 Å². The molecular weight excluding hydrogens is 551 g/mol. The summed E-state index contributed by atoms with van der Waals surface area (Å²) in [7, 11) is 0. The first-order valence-electron chi connectivity index (χ1n) is 12.6. The number of hydrogen-bond donors (Lipinski definition) is 4. The second kappa shape index (κ2) is 11.7. The second-order valence-corrected chi connectivity index (χ2v) is 10.4. The number of aromatic nitrogens is 1. The van der Waals surface area contributed by atoms with Crippen LogP contribution in [0.1, 0.15) is 52.7 Å². The van der Waals surface area contributed by atoms with Crippen LogP contribution in [0.3, 0.4) is 0 Å². The fourth-order valence-electron chi connectivity index (χ4n) is 4.20. The van der Waals surface area contributed by atoms with E-state index in [0.29, 0.717) is 22.2 Å². The molecule has 13 heteroatoms. The van der Waals surface area contributed by atoms with Gasteiger partial charge in [-0.05, 0) is 65.1 Å². The average molecular weight is 580 g/mol. The maximum Gasteiger partial charge on any atom is 0.573 e. The zero-order valence-corrected chi connectivity index (χ0v) is 22.9. The average Bonchev–Trinajstić information content (AvgIpc) is 3.37. The Morgan fingerprint density at radius 2 is 1.67 bits per heavy atom. The highest BCUT2D eigenvalue weighted by molar-refractivity contribution is 6.08. The van der Waals surface area contributed by atoms with Gasteiger partial charge in [0.25, 0.3) is 17.8 Å². The van der Waals surface area contributed by atoms with Gasteiger partial charge in [0.15, 0.2) is 0 Å². The third-order valence-corrected chi connectivity index (χ3v) is 6.36. The van der Waals surface area contributed by atoms with Crippen LogP contribution in [0.4, 0.5) is 18.9 Å². The van der Waals surface area contributed by atoms with E-state index in [1.807, 2.05) is 24.3 Å². The Morgan fingerprint density at radius 3 is 2.24 bits per heavy atom. The molecular formula is C29H28F3N7O3. The van der Waals surface area contributed by atoms with Gasteiger partial charge in [0.1, 0.15) is 11.4 Å². The summed E-state index contributed by atoms with van der Waals surface area (Å²) in [5, 5.41) is 8.87. The van der Waals surface area contributed by atoms with Crippen LogP contribution in [0.25, 0.3) is 10.9 Å². The number of H-pyrrole nitrogens is 1. The van der Waals surface area contributed by atoms with Crippen LogP contribution < -0.4 is 20.8 Å². The maximum atomic E-state index is 13.8. The lowest BCUT2D eigenvalue weighted by Gasteiger charge is -2.25. The van der Waals surface area contributed by atoms with E-state index in [2.05, 4.69) is 46.0 Å². The van der Waals surface area contributed by atoms with E-state index in [1.165, 1.54) is 29.2 Å². The number of nitrogens with one attached hydrogen (secondary N) is 3. The van der Waals surface area contributed by atoms with Gasteiger partial charge in [-0.3, -0.25) is 14.9 Å². The summed E-state index contributed by atoms with van der Waals surface area (Å²) >= 11 is 0. The van der Waals surface area contributed by atoms with Crippen LogP contribution in [0, 0.1) is 5.53 Å². The van der Waals surface area contributed by atoms with Gasteiger partial charge < -0.3 is 20.5 Å².